The first-order valence-electron chi connectivity index (χ1n) is 8.34. The van der Waals surface area contributed by atoms with Gasteiger partial charge < -0.3 is 10.2 Å². The van der Waals surface area contributed by atoms with E-state index < -0.39 is 10.0 Å². The van der Waals surface area contributed by atoms with E-state index in [1.54, 1.807) is 0 Å². The number of hydrogen-bond acceptors (Lipinski definition) is 5. The maximum absolute atomic E-state index is 12.2. The van der Waals surface area contributed by atoms with Crippen LogP contribution in [0.5, 0.6) is 0 Å². The monoisotopic (exact) mass is 386 g/mol. The summed E-state index contributed by atoms with van der Waals surface area (Å²) in [6.07, 6.45) is 0.0925. The molecule has 0 heterocycles. The molecule has 2 aromatic rings. The summed E-state index contributed by atoms with van der Waals surface area (Å²) < 4.78 is 26.4. The van der Waals surface area contributed by atoms with Crippen molar-refractivity contribution in [2.45, 2.75) is 17.9 Å². The van der Waals surface area contributed by atoms with Gasteiger partial charge in [-0.15, -0.1) is 0 Å². The fourth-order valence-corrected chi connectivity index (χ4v) is 3.34. The van der Waals surface area contributed by atoms with Crippen molar-refractivity contribution in [1.29, 1.82) is 5.26 Å². The average Bonchev–Trinajstić information content (AvgIpc) is 2.66. The summed E-state index contributed by atoms with van der Waals surface area (Å²) in [5.41, 5.74) is 2.41. The van der Waals surface area contributed by atoms with Crippen LogP contribution in [0.3, 0.4) is 0 Å². The second-order valence-corrected chi connectivity index (χ2v) is 7.84. The standard InChI is InChI=1S/C19H22N4O3S/c1-23(2)17-8-4-15(5-9-17)14-21-19(24)16-6-10-18(11-7-16)27(25,26)22-13-3-12-20/h4-11,22H,3,13-14H2,1-2H3,(H,21,24). The van der Waals surface area contributed by atoms with Gasteiger partial charge in [-0.05, 0) is 42.0 Å². The summed E-state index contributed by atoms with van der Waals surface area (Å²) in [6, 6.07) is 15.4. The zero-order valence-corrected chi connectivity index (χ0v) is 16.1. The number of amides is 1. The van der Waals surface area contributed by atoms with Gasteiger partial charge in [0, 0.05) is 44.9 Å². The van der Waals surface area contributed by atoms with Gasteiger partial charge >= 0.3 is 0 Å². The van der Waals surface area contributed by atoms with Crippen LogP contribution in [-0.2, 0) is 16.6 Å². The Bertz CT molecular complexity index is 915. The number of nitrogens with zero attached hydrogens (tertiary/aromatic N) is 2. The van der Waals surface area contributed by atoms with Gasteiger partial charge in [-0.1, -0.05) is 12.1 Å². The first kappa shape index (κ1) is 20.4. The molecule has 8 heteroatoms. The quantitative estimate of drug-likeness (QED) is 0.675. The van der Waals surface area contributed by atoms with Crippen molar-refractivity contribution in [3.05, 3.63) is 59.7 Å². The predicted molar refractivity (Wildman–Crippen MR) is 104 cm³/mol. The molecule has 0 aliphatic heterocycles. The lowest BCUT2D eigenvalue weighted by molar-refractivity contribution is 0.0951. The number of carbonyl (C=O) groups is 1. The Morgan fingerprint density at radius 1 is 1.07 bits per heavy atom. The molecule has 142 valence electrons. The van der Waals surface area contributed by atoms with Crippen LogP contribution >= 0.6 is 0 Å². The third-order valence-corrected chi connectivity index (χ3v) is 5.34. The third kappa shape index (κ3) is 5.81. The average molecular weight is 386 g/mol. The van der Waals surface area contributed by atoms with E-state index in [0.29, 0.717) is 12.1 Å². The van der Waals surface area contributed by atoms with Crippen LogP contribution in [0.1, 0.15) is 22.3 Å². The molecule has 27 heavy (non-hydrogen) atoms. The van der Waals surface area contributed by atoms with Crippen molar-refractivity contribution in [2.75, 3.05) is 25.5 Å². The number of rotatable bonds is 8. The minimum atomic E-state index is -3.68. The van der Waals surface area contributed by atoms with E-state index in [1.165, 1.54) is 24.3 Å². The summed E-state index contributed by atoms with van der Waals surface area (Å²) >= 11 is 0. The molecular weight excluding hydrogens is 364 g/mol. The minimum Gasteiger partial charge on any atom is -0.378 e. The number of anilines is 1. The molecule has 0 saturated heterocycles. The van der Waals surface area contributed by atoms with Gasteiger partial charge in [0.2, 0.25) is 10.0 Å². The van der Waals surface area contributed by atoms with Gasteiger partial charge in [0.1, 0.15) is 0 Å². The summed E-state index contributed by atoms with van der Waals surface area (Å²) in [6.45, 7) is 0.427. The molecular formula is C19H22N4O3S. The van der Waals surface area contributed by atoms with Crippen LogP contribution in [0.2, 0.25) is 0 Å². The van der Waals surface area contributed by atoms with Crippen LogP contribution in [0.4, 0.5) is 5.69 Å². The molecule has 0 saturated carbocycles. The third-order valence-electron chi connectivity index (χ3n) is 3.86. The largest absolute Gasteiger partial charge is 0.378 e. The highest BCUT2D eigenvalue weighted by atomic mass is 32.2. The normalized spacial score (nSPS) is 10.9. The summed E-state index contributed by atoms with van der Waals surface area (Å²) in [5.74, 6) is -0.284. The molecule has 2 N–H and O–H groups in total. The minimum absolute atomic E-state index is 0.0493. The van der Waals surface area contributed by atoms with Crippen molar-refractivity contribution in [3.63, 3.8) is 0 Å². The topological polar surface area (TPSA) is 102 Å². The second kappa shape index (κ2) is 9.16. The number of nitriles is 1. The molecule has 0 aliphatic rings. The Morgan fingerprint density at radius 2 is 1.70 bits per heavy atom. The van der Waals surface area contributed by atoms with E-state index in [9.17, 15) is 13.2 Å². The van der Waals surface area contributed by atoms with E-state index in [-0.39, 0.29) is 23.8 Å². The zero-order valence-electron chi connectivity index (χ0n) is 15.3. The van der Waals surface area contributed by atoms with Crippen molar-refractivity contribution in [3.8, 4) is 6.07 Å². The number of benzene rings is 2. The molecule has 0 bridgehead atoms. The molecule has 0 radical (unpaired) electrons. The van der Waals surface area contributed by atoms with Gasteiger partial charge in [0.25, 0.3) is 5.91 Å². The van der Waals surface area contributed by atoms with E-state index in [4.69, 9.17) is 5.26 Å². The Balaban J connectivity index is 1.96. The summed E-state index contributed by atoms with van der Waals surface area (Å²) in [7, 11) is 0.238. The maximum atomic E-state index is 12.2. The van der Waals surface area contributed by atoms with Gasteiger partial charge in [0.05, 0.1) is 11.0 Å². The smallest absolute Gasteiger partial charge is 0.251 e. The van der Waals surface area contributed by atoms with Crippen LogP contribution in [0.15, 0.2) is 53.4 Å². The first-order chi connectivity index (χ1) is 12.8. The summed E-state index contributed by atoms with van der Waals surface area (Å²) in [4.78, 5) is 14.3. The van der Waals surface area contributed by atoms with E-state index in [0.717, 1.165) is 11.3 Å². The van der Waals surface area contributed by atoms with E-state index >= 15 is 0 Å². The van der Waals surface area contributed by atoms with Crippen LogP contribution in [0, 0.1) is 11.3 Å². The molecule has 0 atom stereocenters. The molecule has 0 aliphatic carbocycles. The Kier molecular flexibility index (Phi) is 6.93. The molecule has 1 amide bonds. The van der Waals surface area contributed by atoms with Crippen molar-refractivity contribution in [2.24, 2.45) is 0 Å². The predicted octanol–water partition coefficient (Wildman–Crippen LogP) is 1.87. The molecule has 0 unspecified atom stereocenters. The summed E-state index contributed by atoms with van der Waals surface area (Å²) in [5, 5.41) is 11.3. The van der Waals surface area contributed by atoms with Crippen LogP contribution < -0.4 is 14.9 Å². The van der Waals surface area contributed by atoms with E-state index in [2.05, 4.69) is 10.0 Å². The Hall–Kier alpha value is -2.89. The molecule has 0 aromatic heterocycles. The second-order valence-electron chi connectivity index (χ2n) is 6.07. The fourth-order valence-electron chi connectivity index (χ4n) is 2.31. The van der Waals surface area contributed by atoms with Crippen molar-refractivity contribution < 1.29 is 13.2 Å². The maximum Gasteiger partial charge on any atom is 0.251 e. The van der Waals surface area contributed by atoms with E-state index in [1.807, 2.05) is 49.3 Å². The number of hydrogen-bond donors (Lipinski definition) is 2. The molecule has 2 aromatic carbocycles. The number of carbonyl (C=O) groups excluding carboxylic acids is 1. The SMILES string of the molecule is CN(C)c1ccc(CNC(=O)c2ccc(S(=O)(=O)NCCC#N)cc2)cc1. The molecule has 0 spiro atoms. The highest BCUT2D eigenvalue weighted by Crippen LogP contribution is 2.13. The van der Waals surface area contributed by atoms with Crippen molar-refractivity contribution in [1.82, 2.24) is 10.0 Å². The van der Waals surface area contributed by atoms with Gasteiger partial charge in [-0.3, -0.25) is 4.79 Å². The molecule has 0 fully saturated rings. The van der Waals surface area contributed by atoms with Gasteiger partial charge in [-0.25, -0.2) is 13.1 Å². The number of sulfonamides is 1. The highest BCUT2D eigenvalue weighted by Gasteiger charge is 2.14. The van der Waals surface area contributed by atoms with Crippen LogP contribution in [0.25, 0.3) is 0 Å². The van der Waals surface area contributed by atoms with Gasteiger partial charge in [-0.2, -0.15) is 5.26 Å². The van der Waals surface area contributed by atoms with Crippen molar-refractivity contribution >= 4 is 21.6 Å². The van der Waals surface area contributed by atoms with Gasteiger partial charge in [0.15, 0.2) is 0 Å². The molecule has 7 nitrogen and oxygen atoms in total. The molecule has 2 rings (SSSR count). The Labute approximate surface area is 159 Å². The fraction of sp³-hybridized carbons (Fsp3) is 0.263. The highest BCUT2D eigenvalue weighted by molar-refractivity contribution is 7.89. The lowest BCUT2D eigenvalue weighted by Crippen LogP contribution is -2.25. The zero-order chi connectivity index (χ0) is 19.9. The lowest BCUT2D eigenvalue weighted by atomic mass is 10.2. The van der Waals surface area contributed by atoms with Crippen LogP contribution in [-0.4, -0.2) is 35.0 Å². The first-order valence-corrected chi connectivity index (χ1v) is 9.83. The number of nitrogens with one attached hydrogen (secondary N) is 2. The lowest BCUT2D eigenvalue weighted by Gasteiger charge is -2.13. The Morgan fingerprint density at radius 3 is 2.26 bits per heavy atom.